The fraction of sp³-hybridized carbons (Fsp3) is 0.545. The topological polar surface area (TPSA) is 17.1 Å². The second-order valence-electron chi connectivity index (χ2n) is 4.24. The fourth-order valence-electron chi connectivity index (χ4n) is 2.15. The number of halogens is 1. The molecule has 1 nitrogen and oxygen atoms in total. The first-order chi connectivity index (χ1) is 5.91. The number of hydrogen-bond donors (Lipinski definition) is 0. The van der Waals surface area contributed by atoms with Crippen molar-refractivity contribution in [3.63, 3.8) is 0 Å². The molecular formula is C11H15ClO. The molecule has 1 unspecified atom stereocenters. The van der Waals surface area contributed by atoms with Gasteiger partial charge in [-0.2, -0.15) is 0 Å². The largest absolute Gasteiger partial charge is 0.281 e. The third kappa shape index (κ3) is 3.00. The number of carbonyl (C=O) groups excluding carboxylic acids is 1. The summed E-state index contributed by atoms with van der Waals surface area (Å²) in [5.74, 6) is 0. The summed E-state index contributed by atoms with van der Waals surface area (Å²) in [4.78, 5) is 10.8. The average Bonchev–Trinajstić information content (AvgIpc) is 1.77. The SMILES string of the molecule is CC1=CC(C)(CC(=O)Cl)CC(C)=C1. The van der Waals surface area contributed by atoms with Gasteiger partial charge in [0, 0.05) is 6.42 Å². The lowest BCUT2D eigenvalue weighted by atomic mass is 9.76. The Bertz CT molecular complexity index is 284. The predicted octanol–water partition coefficient (Wildman–Crippen LogP) is 3.44. The van der Waals surface area contributed by atoms with Crippen LogP contribution in [0.15, 0.2) is 23.3 Å². The van der Waals surface area contributed by atoms with Gasteiger partial charge in [-0.15, -0.1) is 0 Å². The molecular weight excluding hydrogens is 184 g/mol. The van der Waals surface area contributed by atoms with E-state index in [0.717, 1.165) is 6.42 Å². The van der Waals surface area contributed by atoms with Gasteiger partial charge >= 0.3 is 0 Å². The van der Waals surface area contributed by atoms with Crippen molar-refractivity contribution in [2.45, 2.75) is 33.6 Å². The zero-order chi connectivity index (χ0) is 10.1. The van der Waals surface area contributed by atoms with E-state index in [1.54, 1.807) is 0 Å². The molecule has 1 aliphatic rings. The monoisotopic (exact) mass is 198 g/mol. The number of rotatable bonds is 2. The summed E-state index contributed by atoms with van der Waals surface area (Å²) in [7, 11) is 0. The Morgan fingerprint density at radius 3 is 2.69 bits per heavy atom. The summed E-state index contributed by atoms with van der Waals surface area (Å²) in [6, 6.07) is 0. The molecule has 0 saturated carbocycles. The van der Waals surface area contributed by atoms with E-state index in [-0.39, 0.29) is 10.7 Å². The van der Waals surface area contributed by atoms with Crippen molar-refractivity contribution >= 4 is 16.8 Å². The van der Waals surface area contributed by atoms with Gasteiger partial charge in [0.1, 0.15) is 0 Å². The van der Waals surface area contributed by atoms with Crippen molar-refractivity contribution in [2.24, 2.45) is 5.41 Å². The summed E-state index contributed by atoms with van der Waals surface area (Å²) in [6.07, 6.45) is 5.65. The summed E-state index contributed by atoms with van der Waals surface area (Å²) in [6.45, 7) is 6.22. The molecule has 0 fully saturated rings. The van der Waals surface area contributed by atoms with Crippen molar-refractivity contribution in [1.29, 1.82) is 0 Å². The minimum absolute atomic E-state index is 0.0677. The van der Waals surface area contributed by atoms with Crippen LogP contribution in [-0.2, 0) is 4.79 Å². The minimum Gasteiger partial charge on any atom is -0.281 e. The highest BCUT2D eigenvalue weighted by Crippen LogP contribution is 2.37. The van der Waals surface area contributed by atoms with Crippen molar-refractivity contribution in [2.75, 3.05) is 0 Å². The molecule has 0 aromatic heterocycles. The molecule has 0 heterocycles. The van der Waals surface area contributed by atoms with E-state index < -0.39 is 0 Å². The number of hydrogen-bond acceptors (Lipinski definition) is 1. The van der Waals surface area contributed by atoms with Crippen LogP contribution in [-0.4, -0.2) is 5.24 Å². The zero-order valence-electron chi connectivity index (χ0n) is 8.36. The third-order valence-corrected chi connectivity index (χ3v) is 2.41. The minimum atomic E-state index is -0.249. The first-order valence-electron chi connectivity index (χ1n) is 4.46. The normalized spacial score (nSPS) is 28.0. The maximum atomic E-state index is 10.8. The highest BCUT2D eigenvalue weighted by Gasteiger charge is 2.26. The maximum absolute atomic E-state index is 10.8. The molecule has 1 aliphatic carbocycles. The molecule has 0 radical (unpaired) electrons. The summed E-state index contributed by atoms with van der Waals surface area (Å²) in [5.41, 5.74) is 2.48. The molecule has 0 aromatic carbocycles. The lowest BCUT2D eigenvalue weighted by Crippen LogP contribution is -2.19. The Labute approximate surface area is 84.5 Å². The Hall–Kier alpha value is -0.560. The molecule has 1 atom stereocenters. The predicted molar refractivity (Wildman–Crippen MR) is 55.7 cm³/mol. The Morgan fingerprint density at radius 1 is 1.62 bits per heavy atom. The van der Waals surface area contributed by atoms with Gasteiger partial charge in [0.25, 0.3) is 0 Å². The molecule has 72 valence electrons. The molecule has 13 heavy (non-hydrogen) atoms. The van der Waals surface area contributed by atoms with E-state index in [1.165, 1.54) is 11.1 Å². The zero-order valence-corrected chi connectivity index (χ0v) is 9.11. The maximum Gasteiger partial charge on any atom is 0.222 e. The van der Waals surface area contributed by atoms with Gasteiger partial charge in [0.05, 0.1) is 0 Å². The van der Waals surface area contributed by atoms with Crippen molar-refractivity contribution in [3.05, 3.63) is 23.3 Å². The van der Waals surface area contributed by atoms with Gasteiger partial charge in [0.15, 0.2) is 0 Å². The van der Waals surface area contributed by atoms with Crippen LogP contribution in [0.1, 0.15) is 33.6 Å². The van der Waals surface area contributed by atoms with Crippen molar-refractivity contribution in [1.82, 2.24) is 0 Å². The Kier molecular flexibility index (Phi) is 2.97. The summed E-state index contributed by atoms with van der Waals surface area (Å²) >= 11 is 5.41. The Balaban J connectivity index is 2.83. The van der Waals surface area contributed by atoms with Crippen LogP contribution in [0.4, 0.5) is 0 Å². The average molecular weight is 199 g/mol. The van der Waals surface area contributed by atoms with Crippen LogP contribution >= 0.6 is 11.6 Å². The molecule has 0 amide bonds. The molecule has 0 saturated heterocycles. The molecule has 1 rings (SSSR count). The van der Waals surface area contributed by atoms with Gasteiger partial charge in [-0.1, -0.05) is 30.2 Å². The first kappa shape index (κ1) is 10.5. The van der Waals surface area contributed by atoms with Crippen molar-refractivity contribution in [3.8, 4) is 0 Å². The van der Waals surface area contributed by atoms with Crippen LogP contribution in [0.5, 0.6) is 0 Å². The molecule has 0 spiro atoms. The lowest BCUT2D eigenvalue weighted by Gasteiger charge is -2.28. The second kappa shape index (κ2) is 3.67. The summed E-state index contributed by atoms with van der Waals surface area (Å²) in [5, 5.41) is -0.249. The van der Waals surface area contributed by atoms with Gasteiger partial charge in [-0.05, 0) is 37.3 Å². The molecule has 0 N–H and O–H groups in total. The quantitative estimate of drug-likeness (QED) is 0.622. The van der Waals surface area contributed by atoms with Crippen molar-refractivity contribution < 1.29 is 4.79 Å². The highest BCUT2D eigenvalue weighted by atomic mass is 35.5. The van der Waals surface area contributed by atoms with E-state index in [2.05, 4.69) is 32.9 Å². The molecule has 0 aliphatic heterocycles. The molecule has 0 bridgehead atoms. The lowest BCUT2D eigenvalue weighted by molar-refractivity contribution is -0.113. The van der Waals surface area contributed by atoms with Gasteiger partial charge in [0.2, 0.25) is 5.24 Å². The number of allylic oxidation sites excluding steroid dienone is 4. The van der Waals surface area contributed by atoms with Crippen LogP contribution in [0.2, 0.25) is 0 Å². The van der Waals surface area contributed by atoms with E-state index >= 15 is 0 Å². The van der Waals surface area contributed by atoms with Gasteiger partial charge < -0.3 is 0 Å². The highest BCUT2D eigenvalue weighted by molar-refractivity contribution is 6.63. The van der Waals surface area contributed by atoms with Crippen LogP contribution in [0.3, 0.4) is 0 Å². The Morgan fingerprint density at radius 2 is 2.23 bits per heavy atom. The molecule has 2 heteroatoms. The van der Waals surface area contributed by atoms with Gasteiger partial charge in [-0.25, -0.2) is 0 Å². The van der Waals surface area contributed by atoms with E-state index in [9.17, 15) is 4.79 Å². The van der Waals surface area contributed by atoms with Crippen LogP contribution in [0, 0.1) is 5.41 Å². The van der Waals surface area contributed by atoms with Crippen LogP contribution in [0.25, 0.3) is 0 Å². The van der Waals surface area contributed by atoms with Gasteiger partial charge in [-0.3, -0.25) is 4.79 Å². The molecule has 0 aromatic rings. The summed E-state index contributed by atoms with van der Waals surface area (Å²) < 4.78 is 0. The van der Waals surface area contributed by atoms with E-state index in [4.69, 9.17) is 11.6 Å². The van der Waals surface area contributed by atoms with Crippen LogP contribution < -0.4 is 0 Å². The van der Waals surface area contributed by atoms with E-state index in [0.29, 0.717) is 6.42 Å². The fourth-order valence-corrected chi connectivity index (χ4v) is 2.46. The first-order valence-corrected chi connectivity index (χ1v) is 4.84. The van der Waals surface area contributed by atoms with E-state index in [1.807, 2.05) is 0 Å². The second-order valence-corrected chi connectivity index (χ2v) is 4.66. The standard InChI is InChI=1S/C11H15ClO/c1-8-4-9(2)6-11(3,5-8)7-10(12)13/h4-5H,6-7H2,1-3H3. The smallest absolute Gasteiger partial charge is 0.222 e. The number of carbonyl (C=O) groups is 1. The third-order valence-electron chi connectivity index (χ3n) is 2.28.